The molecule has 2 aliphatic carbocycles. The van der Waals surface area contributed by atoms with Gasteiger partial charge in [-0.3, -0.25) is 9.48 Å². The summed E-state index contributed by atoms with van der Waals surface area (Å²) in [5, 5.41) is 7.56. The molecule has 5 heterocycles. The number of carbonyl (C=O) groups is 1. The summed E-state index contributed by atoms with van der Waals surface area (Å²) < 4.78 is 15.9. The van der Waals surface area contributed by atoms with Crippen LogP contribution < -0.4 is 10.1 Å². The fourth-order valence-corrected chi connectivity index (χ4v) is 5.91. The average molecular weight is 450 g/mol. The zero-order chi connectivity index (χ0) is 22.8. The molecule has 3 aromatic rings. The molecular formula is C25H31N5O3. The van der Waals surface area contributed by atoms with Gasteiger partial charge in [0.05, 0.1) is 35.6 Å². The van der Waals surface area contributed by atoms with Gasteiger partial charge >= 0.3 is 0 Å². The summed E-state index contributed by atoms with van der Waals surface area (Å²) in [6.45, 7) is 6.78. The van der Waals surface area contributed by atoms with Crippen LogP contribution in [0.25, 0.3) is 5.65 Å². The van der Waals surface area contributed by atoms with Gasteiger partial charge in [-0.2, -0.15) is 5.10 Å². The van der Waals surface area contributed by atoms with Crippen molar-refractivity contribution in [3.63, 3.8) is 0 Å². The number of anilines is 1. The molecular weight excluding hydrogens is 418 g/mol. The third kappa shape index (κ3) is 3.51. The fourth-order valence-electron chi connectivity index (χ4n) is 5.91. The minimum absolute atomic E-state index is 0.00463. The van der Waals surface area contributed by atoms with Crippen molar-refractivity contribution in [3.8, 4) is 5.75 Å². The second-order valence-corrected chi connectivity index (χ2v) is 10.6. The molecule has 0 unspecified atom stereocenters. The zero-order valence-electron chi connectivity index (χ0n) is 19.5. The van der Waals surface area contributed by atoms with Crippen LogP contribution in [0.3, 0.4) is 0 Å². The third-order valence-corrected chi connectivity index (χ3v) is 7.38. The molecule has 2 saturated heterocycles. The van der Waals surface area contributed by atoms with Gasteiger partial charge in [-0.05, 0) is 46.5 Å². The second kappa shape index (κ2) is 7.32. The highest BCUT2D eigenvalue weighted by molar-refractivity contribution is 6.05. The van der Waals surface area contributed by atoms with E-state index in [0.29, 0.717) is 29.8 Å². The Morgan fingerprint density at radius 1 is 1.27 bits per heavy atom. The Bertz CT molecular complexity index is 1210. The number of hydrogen-bond acceptors (Lipinski definition) is 5. The van der Waals surface area contributed by atoms with Crippen molar-refractivity contribution in [2.45, 2.75) is 82.5 Å². The lowest BCUT2D eigenvalue weighted by Crippen LogP contribution is -2.45. The fraction of sp³-hybridized carbons (Fsp3) is 0.560. The predicted molar refractivity (Wildman–Crippen MR) is 124 cm³/mol. The third-order valence-electron chi connectivity index (χ3n) is 7.38. The van der Waals surface area contributed by atoms with Crippen LogP contribution in [0.15, 0.2) is 30.7 Å². The quantitative estimate of drug-likeness (QED) is 0.599. The molecule has 8 nitrogen and oxygen atoms in total. The van der Waals surface area contributed by atoms with Crippen molar-refractivity contribution in [1.82, 2.24) is 19.2 Å². The number of ether oxygens (including phenoxy) is 2. The van der Waals surface area contributed by atoms with Crippen LogP contribution >= 0.6 is 0 Å². The van der Waals surface area contributed by atoms with Gasteiger partial charge in [0.15, 0.2) is 5.82 Å². The van der Waals surface area contributed by atoms with E-state index in [1.54, 1.807) is 0 Å². The highest BCUT2D eigenvalue weighted by atomic mass is 16.5. The molecule has 4 fully saturated rings. The molecule has 8 heteroatoms. The summed E-state index contributed by atoms with van der Waals surface area (Å²) in [6.07, 6.45) is 12.5. The first kappa shape index (κ1) is 20.7. The number of aromatic nitrogens is 4. The van der Waals surface area contributed by atoms with Gasteiger partial charge in [-0.1, -0.05) is 12.8 Å². The summed E-state index contributed by atoms with van der Waals surface area (Å²) in [5.74, 6) is 0.851. The number of rotatable bonds is 6. The average Bonchev–Trinajstić information content (AvgIpc) is 3.54. The van der Waals surface area contributed by atoms with E-state index in [4.69, 9.17) is 14.5 Å². The van der Waals surface area contributed by atoms with E-state index >= 15 is 0 Å². The molecule has 0 spiro atoms. The lowest BCUT2D eigenvalue weighted by atomic mass is 9.62. The molecule has 1 amide bonds. The summed E-state index contributed by atoms with van der Waals surface area (Å²) in [5.41, 5.74) is 2.26. The Labute approximate surface area is 193 Å². The second-order valence-electron chi connectivity index (χ2n) is 10.6. The van der Waals surface area contributed by atoms with E-state index in [1.807, 2.05) is 53.7 Å². The van der Waals surface area contributed by atoms with Crippen molar-refractivity contribution in [1.29, 1.82) is 0 Å². The maximum absolute atomic E-state index is 13.3. The van der Waals surface area contributed by atoms with Crippen LogP contribution in [0.1, 0.15) is 81.4 Å². The molecule has 33 heavy (non-hydrogen) atoms. The molecule has 0 atom stereocenters. The van der Waals surface area contributed by atoms with Gasteiger partial charge < -0.3 is 19.2 Å². The number of nitrogens with one attached hydrogen (secondary N) is 1. The molecule has 1 N–H and O–H groups in total. The Morgan fingerprint density at radius 3 is 2.76 bits per heavy atom. The topological polar surface area (TPSA) is 82.7 Å². The number of hydrogen-bond donors (Lipinski definition) is 1. The number of carbonyl (C=O) groups excluding carboxylic acids is 1. The van der Waals surface area contributed by atoms with Crippen LogP contribution in [-0.2, 0) is 10.2 Å². The van der Waals surface area contributed by atoms with Crippen LogP contribution in [0.2, 0.25) is 0 Å². The van der Waals surface area contributed by atoms with Crippen LogP contribution in [-0.4, -0.2) is 43.4 Å². The van der Waals surface area contributed by atoms with Crippen molar-refractivity contribution >= 4 is 17.4 Å². The van der Waals surface area contributed by atoms with Crippen LogP contribution in [0, 0.1) is 0 Å². The van der Waals surface area contributed by atoms with Crippen molar-refractivity contribution < 1.29 is 14.3 Å². The monoisotopic (exact) mass is 449 g/mol. The molecule has 3 aromatic heterocycles. The van der Waals surface area contributed by atoms with E-state index in [-0.39, 0.29) is 23.0 Å². The van der Waals surface area contributed by atoms with Gasteiger partial charge in [0.1, 0.15) is 11.4 Å². The smallest absolute Gasteiger partial charge is 0.262 e. The highest BCUT2D eigenvalue weighted by Gasteiger charge is 2.61. The number of imidazole rings is 1. The Balaban J connectivity index is 1.30. The van der Waals surface area contributed by atoms with Crippen LogP contribution in [0.4, 0.5) is 5.82 Å². The van der Waals surface area contributed by atoms with Gasteiger partial charge in [-0.25, -0.2) is 4.98 Å². The molecule has 2 aliphatic heterocycles. The lowest BCUT2D eigenvalue weighted by Gasteiger charge is -2.41. The molecule has 2 bridgehead atoms. The highest BCUT2D eigenvalue weighted by Crippen LogP contribution is 2.58. The van der Waals surface area contributed by atoms with Crippen molar-refractivity contribution in [2.24, 2.45) is 0 Å². The van der Waals surface area contributed by atoms with E-state index in [9.17, 15) is 4.79 Å². The standard InChI is InChI=1S/C25H31N5O3/c1-16(2)33-19-10-22-26-20(25-13-24(3,14-25)32-15-25)12-29(22)11-18(19)23(31)27-21-8-9-30(28-21)17-6-4-5-7-17/h8-12,16-17H,4-7,13-15H2,1-3H3,(H,27,28,31). The molecule has 0 aromatic carbocycles. The first-order chi connectivity index (χ1) is 15.8. The minimum Gasteiger partial charge on any atom is -0.490 e. The van der Waals surface area contributed by atoms with E-state index in [0.717, 1.165) is 37.0 Å². The maximum atomic E-state index is 13.3. The van der Waals surface area contributed by atoms with E-state index in [2.05, 4.69) is 17.3 Å². The Hall–Kier alpha value is -2.87. The molecule has 174 valence electrons. The first-order valence-corrected chi connectivity index (χ1v) is 12.0. The summed E-state index contributed by atoms with van der Waals surface area (Å²) in [4.78, 5) is 18.2. The molecule has 7 rings (SSSR count). The summed E-state index contributed by atoms with van der Waals surface area (Å²) in [7, 11) is 0. The van der Waals surface area contributed by atoms with Gasteiger partial charge in [-0.15, -0.1) is 0 Å². The predicted octanol–water partition coefficient (Wildman–Crippen LogP) is 4.51. The number of amides is 1. The zero-order valence-corrected chi connectivity index (χ0v) is 19.5. The summed E-state index contributed by atoms with van der Waals surface area (Å²) in [6, 6.07) is 4.16. The molecule has 2 saturated carbocycles. The minimum atomic E-state index is -0.238. The molecule has 4 aliphatic rings. The normalized spacial score (nSPS) is 26.8. The van der Waals surface area contributed by atoms with Crippen molar-refractivity contribution in [3.05, 3.63) is 42.0 Å². The summed E-state index contributed by atoms with van der Waals surface area (Å²) >= 11 is 0. The number of fused-ring (bicyclic) bond motifs is 2. The Kier molecular flexibility index (Phi) is 4.59. The SMILES string of the molecule is CC(C)Oc1cc2nc(C34COC(C)(C3)C4)cn2cc1C(=O)Nc1ccn(C2CCCC2)n1. The van der Waals surface area contributed by atoms with Crippen LogP contribution in [0.5, 0.6) is 5.75 Å². The first-order valence-electron chi connectivity index (χ1n) is 12.0. The Morgan fingerprint density at radius 2 is 2.06 bits per heavy atom. The maximum Gasteiger partial charge on any atom is 0.262 e. The molecule has 0 radical (unpaired) electrons. The van der Waals surface area contributed by atoms with E-state index < -0.39 is 0 Å². The van der Waals surface area contributed by atoms with Crippen molar-refractivity contribution in [2.75, 3.05) is 11.9 Å². The number of nitrogens with zero attached hydrogens (tertiary/aromatic N) is 4. The van der Waals surface area contributed by atoms with E-state index in [1.165, 1.54) is 12.8 Å². The van der Waals surface area contributed by atoms with Gasteiger partial charge in [0, 0.05) is 36.1 Å². The number of pyridine rings is 1. The largest absolute Gasteiger partial charge is 0.490 e. The van der Waals surface area contributed by atoms with Gasteiger partial charge in [0.25, 0.3) is 5.91 Å². The van der Waals surface area contributed by atoms with Gasteiger partial charge in [0.2, 0.25) is 0 Å². The lowest BCUT2D eigenvalue weighted by molar-refractivity contribution is 0.0154.